The molecule has 1 amide bonds. The number of aryl methyl sites for hydroxylation is 1. The zero-order valence-electron chi connectivity index (χ0n) is 11.6. The molecular weight excluding hydrogens is 252 g/mol. The van der Waals surface area contributed by atoms with Crippen LogP contribution in [0.4, 0.5) is 5.69 Å². The van der Waals surface area contributed by atoms with Crippen molar-refractivity contribution < 1.29 is 9.90 Å². The van der Waals surface area contributed by atoms with E-state index in [1.54, 1.807) is 11.9 Å². The van der Waals surface area contributed by atoms with Crippen molar-refractivity contribution in [2.24, 2.45) is 0 Å². The van der Waals surface area contributed by atoms with Crippen LogP contribution in [0, 0.1) is 6.92 Å². The van der Waals surface area contributed by atoms with E-state index in [-0.39, 0.29) is 11.7 Å². The number of nitrogens with zero attached hydrogens (tertiary/aromatic N) is 1. The van der Waals surface area contributed by atoms with Crippen LogP contribution in [0.2, 0.25) is 0 Å². The van der Waals surface area contributed by atoms with Crippen LogP contribution in [0.15, 0.2) is 42.5 Å². The van der Waals surface area contributed by atoms with E-state index in [4.69, 9.17) is 5.73 Å². The van der Waals surface area contributed by atoms with Crippen molar-refractivity contribution in [1.29, 1.82) is 0 Å². The zero-order chi connectivity index (χ0) is 14.7. The molecule has 0 spiro atoms. The fourth-order valence-corrected chi connectivity index (χ4v) is 2.05. The van der Waals surface area contributed by atoms with Crippen molar-refractivity contribution in [2.45, 2.75) is 13.5 Å². The molecule has 0 saturated heterocycles. The molecule has 2 aromatic rings. The van der Waals surface area contributed by atoms with Gasteiger partial charge in [-0.05, 0) is 36.2 Å². The predicted molar refractivity (Wildman–Crippen MR) is 79.5 cm³/mol. The Bertz CT molecular complexity index is 638. The lowest BCUT2D eigenvalue weighted by Gasteiger charge is -2.19. The van der Waals surface area contributed by atoms with Crippen LogP contribution in [0.3, 0.4) is 0 Å². The lowest BCUT2D eigenvalue weighted by atomic mass is 10.1. The quantitative estimate of drug-likeness (QED) is 0.665. The van der Waals surface area contributed by atoms with Crippen LogP contribution >= 0.6 is 0 Å². The molecule has 20 heavy (non-hydrogen) atoms. The smallest absolute Gasteiger partial charge is 0.256 e. The number of hydrogen-bond donors (Lipinski definition) is 2. The summed E-state index contributed by atoms with van der Waals surface area (Å²) in [5, 5.41) is 9.48. The number of rotatable bonds is 3. The van der Waals surface area contributed by atoms with Crippen molar-refractivity contribution in [3.63, 3.8) is 0 Å². The predicted octanol–water partition coefficient (Wildman–Crippen LogP) is 2.56. The summed E-state index contributed by atoms with van der Waals surface area (Å²) in [6.07, 6.45) is 0. The van der Waals surface area contributed by atoms with Crippen molar-refractivity contribution >= 4 is 11.6 Å². The summed E-state index contributed by atoms with van der Waals surface area (Å²) in [4.78, 5) is 14.0. The molecule has 0 radical (unpaired) electrons. The summed E-state index contributed by atoms with van der Waals surface area (Å²) in [7, 11) is 1.72. The Morgan fingerprint density at radius 1 is 1.25 bits per heavy atom. The largest absolute Gasteiger partial charge is 0.508 e. The first-order valence-electron chi connectivity index (χ1n) is 6.37. The molecule has 0 aliphatic carbocycles. The third-order valence-corrected chi connectivity index (χ3v) is 3.28. The molecule has 0 bridgehead atoms. The first-order valence-corrected chi connectivity index (χ1v) is 6.37. The Morgan fingerprint density at radius 3 is 2.65 bits per heavy atom. The number of benzene rings is 2. The Kier molecular flexibility index (Phi) is 3.94. The molecule has 4 nitrogen and oxygen atoms in total. The van der Waals surface area contributed by atoms with E-state index in [1.807, 2.05) is 31.2 Å². The molecule has 2 rings (SSSR count). The average molecular weight is 270 g/mol. The van der Waals surface area contributed by atoms with E-state index in [2.05, 4.69) is 0 Å². The molecule has 0 aromatic heterocycles. The lowest BCUT2D eigenvalue weighted by Crippen LogP contribution is -2.27. The van der Waals surface area contributed by atoms with E-state index in [0.717, 1.165) is 11.1 Å². The Morgan fingerprint density at radius 2 is 1.95 bits per heavy atom. The summed E-state index contributed by atoms with van der Waals surface area (Å²) in [6, 6.07) is 12.3. The molecule has 0 fully saturated rings. The molecule has 2 aromatic carbocycles. The molecule has 0 unspecified atom stereocenters. The van der Waals surface area contributed by atoms with Gasteiger partial charge < -0.3 is 15.7 Å². The second kappa shape index (κ2) is 5.65. The number of phenolic OH excluding ortho intramolecular Hbond substituents is 1. The summed E-state index contributed by atoms with van der Waals surface area (Å²) in [5.74, 6) is -0.173. The molecular formula is C16H18N2O2. The van der Waals surface area contributed by atoms with Crippen molar-refractivity contribution in [3.05, 3.63) is 59.2 Å². The van der Waals surface area contributed by atoms with Gasteiger partial charge in [0.2, 0.25) is 0 Å². The summed E-state index contributed by atoms with van der Waals surface area (Å²) >= 11 is 0. The van der Waals surface area contributed by atoms with Crippen molar-refractivity contribution in [3.8, 4) is 5.75 Å². The van der Waals surface area contributed by atoms with E-state index in [0.29, 0.717) is 17.8 Å². The molecule has 3 N–H and O–H groups in total. The first kappa shape index (κ1) is 13.9. The summed E-state index contributed by atoms with van der Waals surface area (Å²) < 4.78 is 0. The highest BCUT2D eigenvalue weighted by atomic mass is 16.3. The molecule has 104 valence electrons. The number of carbonyl (C=O) groups excluding carboxylic acids is 1. The number of nitrogens with two attached hydrogens (primary N) is 1. The minimum atomic E-state index is -0.207. The van der Waals surface area contributed by atoms with Crippen LogP contribution in [-0.4, -0.2) is 23.0 Å². The fourth-order valence-electron chi connectivity index (χ4n) is 2.05. The van der Waals surface area contributed by atoms with Crippen molar-refractivity contribution in [2.75, 3.05) is 12.8 Å². The SMILES string of the molecule is Cc1ccccc1CN(C)C(=O)c1cc(O)ccc1N. The van der Waals surface area contributed by atoms with Gasteiger partial charge in [0.15, 0.2) is 0 Å². The van der Waals surface area contributed by atoms with Gasteiger partial charge in [0.25, 0.3) is 5.91 Å². The Balaban J connectivity index is 2.21. The number of nitrogen functional groups attached to an aromatic ring is 1. The maximum atomic E-state index is 12.4. The molecule has 0 saturated carbocycles. The monoisotopic (exact) mass is 270 g/mol. The number of amides is 1. The van der Waals surface area contributed by atoms with Crippen LogP contribution < -0.4 is 5.73 Å². The summed E-state index contributed by atoms with van der Waals surface area (Å²) in [5.41, 5.74) is 8.70. The van der Waals surface area contributed by atoms with Crippen LogP contribution in [0.5, 0.6) is 5.75 Å². The van der Waals surface area contributed by atoms with Gasteiger partial charge >= 0.3 is 0 Å². The number of anilines is 1. The highest BCUT2D eigenvalue weighted by molar-refractivity contribution is 5.99. The number of aromatic hydroxyl groups is 1. The minimum Gasteiger partial charge on any atom is -0.508 e. The fraction of sp³-hybridized carbons (Fsp3) is 0.188. The zero-order valence-corrected chi connectivity index (χ0v) is 11.6. The topological polar surface area (TPSA) is 66.6 Å². The molecule has 0 aliphatic heterocycles. The first-order chi connectivity index (χ1) is 9.49. The maximum Gasteiger partial charge on any atom is 0.256 e. The van der Waals surface area contributed by atoms with Gasteiger partial charge in [-0.1, -0.05) is 24.3 Å². The van der Waals surface area contributed by atoms with E-state index < -0.39 is 0 Å². The Labute approximate surface area is 118 Å². The van der Waals surface area contributed by atoms with E-state index in [9.17, 15) is 9.90 Å². The van der Waals surface area contributed by atoms with Gasteiger partial charge in [0, 0.05) is 19.3 Å². The van der Waals surface area contributed by atoms with Gasteiger partial charge in [-0.2, -0.15) is 0 Å². The Hall–Kier alpha value is -2.49. The lowest BCUT2D eigenvalue weighted by molar-refractivity contribution is 0.0785. The second-order valence-electron chi connectivity index (χ2n) is 4.86. The van der Waals surface area contributed by atoms with E-state index >= 15 is 0 Å². The van der Waals surface area contributed by atoms with Crippen LogP contribution in [-0.2, 0) is 6.54 Å². The second-order valence-corrected chi connectivity index (χ2v) is 4.86. The standard InChI is InChI=1S/C16H18N2O2/c1-11-5-3-4-6-12(11)10-18(2)16(20)14-9-13(19)7-8-15(14)17/h3-9,19H,10,17H2,1-2H3. The van der Waals surface area contributed by atoms with Gasteiger partial charge in [-0.15, -0.1) is 0 Å². The third kappa shape index (κ3) is 2.91. The number of carbonyl (C=O) groups is 1. The highest BCUT2D eigenvalue weighted by Gasteiger charge is 2.16. The van der Waals surface area contributed by atoms with Gasteiger partial charge in [-0.3, -0.25) is 4.79 Å². The molecule has 0 heterocycles. The van der Waals surface area contributed by atoms with Gasteiger partial charge in [-0.25, -0.2) is 0 Å². The average Bonchev–Trinajstić information content (AvgIpc) is 2.43. The number of hydrogen-bond acceptors (Lipinski definition) is 3. The molecule has 4 heteroatoms. The molecule has 0 aliphatic rings. The molecule has 0 atom stereocenters. The maximum absolute atomic E-state index is 12.4. The van der Waals surface area contributed by atoms with E-state index in [1.165, 1.54) is 18.2 Å². The van der Waals surface area contributed by atoms with Gasteiger partial charge in [0.1, 0.15) is 5.75 Å². The number of phenols is 1. The normalized spacial score (nSPS) is 10.3. The third-order valence-electron chi connectivity index (χ3n) is 3.28. The highest BCUT2D eigenvalue weighted by Crippen LogP contribution is 2.21. The minimum absolute atomic E-state index is 0.0341. The van der Waals surface area contributed by atoms with Crippen LogP contribution in [0.25, 0.3) is 0 Å². The van der Waals surface area contributed by atoms with Crippen molar-refractivity contribution in [1.82, 2.24) is 4.90 Å². The van der Waals surface area contributed by atoms with Gasteiger partial charge in [0.05, 0.1) is 5.56 Å². The van der Waals surface area contributed by atoms with Crippen LogP contribution in [0.1, 0.15) is 21.5 Å². The summed E-state index contributed by atoms with van der Waals surface area (Å²) in [6.45, 7) is 2.51.